The molecule has 3 aromatic rings. The van der Waals surface area contributed by atoms with E-state index in [2.05, 4.69) is 41.7 Å². The Kier molecular flexibility index (Phi) is 7.90. The number of rotatable bonds is 9. The number of methoxy groups -OCH3 is 1. The second-order valence-electron chi connectivity index (χ2n) is 7.09. The summed E-state index contributed by atoms with van der Waals surface area (Å²) in [6.07, 6.45) is 0.305. The highest BCUT2D eigenvalue weighted by Gasteiger charge is 2.38. The number of carbonyl (C=O) groups excluding carboxylic acids is 2. The van der Waals surface area contributed by atoms with Gasteiger partial charge in [0.1, 0.15) is 6.04 Å². The maximum absolute atomic E-state index is 12.4. The molecule has 5 heteroatoms. The van der Waals surface area contributed by atoms with Crippen LogP contribution in [-0.2, 0) is 19.1 Å². The maximum atomic E-state index is 12.4. The lowest BCUT2D eigenvalue weighted by Gasteiger charge is -2.36. The van der Waals surface area contributed by atoms with Crippen LogP contribution in [0.15, 0.2) is 91.0 Å². The van der Waals surface area contributed by atoms with Crippen molar-refractivity contribution in [2.75, 3.05) is 12.9 Å². The van der Waals surface area contributed by atoms with Crippen LogP contribution in [0.25, 0.3) is 0 Å². The molecule has 0 aromatic heterocycles. The third-order valence-electron chi connectivity index (χ3n) is 5.15. The number of ether oxygens (including phenoxy) is 1. The summed E-state index contributed by atoms with van der Waals surface area (Å²) in [4.78, 5) is 24.5. The fraction of sp³-hybridized carbons (Fsp3) is 0.231. The Morgan fingerprint density at radius 2 is 1.26 bits per heavy atom. The van der Waals surface area contributed by atoms with E-state index in [0.717, 1.165) is 16.7 Å². The maximum Gasteiger partial charge on any atom is 0.329 e. The summed E-state index contributed by atoms with van der Waals surface area (Å²) in [6.45, 7) is 1.76. The Hall–Kier alpha value is -3.05. The number of nitrogens with one attached hydrogen (secondary N) is 1. The smallest absolute Gasteiger partial charge is 0.329 e. The molecular formula is C26H27NO3S. The van der Waals surface area contributed by atoms with Crippen LogP contribution < -0.4 is 5.32 Å². The van der Waals surface area contributed by atoms with E-state index in [1.54, 1.807) is 18.7 Å². The first-order valence-electron chi connectivity index (χ1n) is 10.3. The van der Waals surface area contributed by atoms with Gasteiger partial charge in [0.15, 0.2) is 0 Å². The largest absolute Gasteiger partial charge is 0.467 e. The Bertz CT molecular complexity index is 881. The third-order valence-corrected chi connectivity index (χ3v) is 6.79. The summed E-state index contributed by atoms with van der Waals surface area (Å²) >= 11 is 1.62. The minimum absolute atomic E-state index is 0.180. The van der Waals surface area contributed by atoms with Gasteiger partial charge in [0.2, 0.25) is 5.91 Å². The molecule has 1 N–H and O–H groups in total. The van der Waals surface area contributed by atoms with Crippen molar-refractivity contribution >= 4 is 23.6 Å². The number of thioether (sulfide) groups is 1. The standard InChI is InChI=1S/C26H27NO3S/c1-3-24(28)27-23(25(29)30-2)19-31-26(20-13-7-4-8-14-20,21-15-9-5-10-16-21)22-17-11-6-12-18-22/h4-18,23H,3,19H2,1-2H3,(H,27,28)/t23-/m0/s1. The second-order valence-corrected chi connectivity index (χ2v) is 8.32. The third kappa shape index (κ3) is 5.17. The lowest BCUT2D eigenvalue weighted by molar-refractivity contribution is -0.144. The van der Waals surface area contributed by atoms with E-state index in [1.807, 2.05) is 54.6 Å². The fourth-order valence-electron chi connectivity index (χ4n) is 3.58. The lowest BCUT2D eigenvalue weighted by Crippen LogP contribution is -2.44. The SMILES string of the molecule is CCC(=O)N[C@@H](CSC(c1ccccc1)(c1ccccc1)c1ccccc1)C(=O)OC. The highest BCUT2D eigenvalue weighted by molar-refractivity contribution is 8.00. The van der Waals surface area contributed by atoms with Gasteiger partial charge in [-0.25, -0.2) is 4.79 Å². The van der Waals surface area contributed by atoms with Crippen molar-refractivity contribution < 1.29 is 14.3 Å². The number of esters is 1. The van der Waals surface area contributed by atoms with Crippen molar-refractivity contribution in [3.63, 3.8) is 0 Å². The van der Waals surface area contributed by atoms with E-state index >= 15 is 0 Å². The second kappa shape index (κ2) is 10.8. The molecule has 3 aromatic carbocycles. The van der Waals surface area contributed by atoms with Gasteiger partial charge in [0.05, 0.1) is 11.9 Å². The van der Waals surface area contributed by atoms with Crippen molar-refractivity contribution in [2.45, 2.75) is 24.1 Å². The Balaban J connectivity index is 2.11. The van der Waals surface area contributed by atoms with Crippen molar-refractivity contribution in [1.29, 1.82) is 0 Å². The predicted octanol–water partition coefficient (Wildman–Crippen LogP) is 4.78. The normalized spacial score (nSPS) is 12.1. The zero-order valence-electron chi connectivity index (χ0n) is 17.8. The highest BCUT2D eigenvalue weighted by Crippen LogP contribution is 2.48. The number of amides is 1. The number of hydrogen-bond acceptors (Lipinski definition) is 4. The Morgan fingerprint density at radius 3 is 1.61 bits per heavy atom. The predicted molar refractivity (Wildman–Crippen MR) is 126 cm³/mol. The molecule has 1 atom stereocenters. The van der Waals surface area contributed by atoms with Gasteiger partial charge < -0.3 is 10.1 Å². The minimum Gasteiger partial charge on any atom is -0.467 e. The monoisotopic (exact) mass is 433 g/mol. The molecule has 0 aliphatic heterocycles. The van der Waals surface area contributed by atoms with Crippen LogP contribution in [0, 0.1) is 0 Å². The summed E-state index contributed by atoms with van der Waals surface area (Å²) in [5.74, 6) is -0.269. The highest BCUT2D eigenvalue weighted by atomic mass is 32.2. The number of carbonyl (C=O) groups is 2. The molecule has 0 bridgehead atoms. The lowest BCUT2D eigenvalue weighted by atomic mass is 9.84. The molecule has 0 radical (unpaired) electrons. The first-order chi connectivity index (χ1) is 15.1. The van der Waals surface area contributed by atoms with Crippen molar-refractivity contribution in [3.8, 4) is 0 Å². The molecule has 31 heavy (non-hydrogen) atoms. The molecule has 0 fully saturated rings. The van der Waals surface area contributed by atoms with Crippen LogP contribution in [-0.4, -0.2) is 30.8 Å². The number of hydrogen-bond donors (Lipinski definition) is 1. The molecule has 4 nitrogen and oxygen atoms in total. The van der Waals surface area contributed by atoms with E-state index in [1.165, 1.54) is 7.11 Å². The summed E-state index contributed by atoms with van der Waals surface area (Å²) in [6, 6.07) is 30.0. The molecule has 0 unspecified atom stereocenters. The van der Waals surface area contributed by atoms with Gasteiger partial charge in [-0.3, -0.25) is 4.79 Å². The van der Waals surface area contributed by atoms with Gasteiger partial charge in [-0.15, -0.1) is 11.8 Å². The van der Waals surface area contributed by atoms with E-state index in [4.69, 9.17) is 4.74 Å². The van der Waals surface area contributed by atoms with Crippen LogP contribution >= 0.6 is 11.8 Å². The van der Waals surface area contributed by atoms with Crippen LogP contribution in [0.1, 0.15) is 30.0 Å². The van der Waals surface area contributed by atoms with Crippen LogP contribution in [0.2, 0.25) is 0 Å². The average molecular weight is 434 g/mol. The van der Waals surface area contributed by atoms with Crippen LogP contribution in [0.3, 0.4) is 0 Å². The van der Waals surface area contributed by atoms with E-state index in [-0.39, 0.29) is 5.91 Å². The van der Waals surface area contributed by atoms with E-state index < -0.39 is 16.8 Å². The first-order valence-corrected chi connectivity index (χ1v) is 11.3. The quantitative estimate of drug-likeness (QED) is 0.390. The van der Waals surface area contributed by atoms with Crippen LogP contribution in [0.4, 0.5) is 0 Å². The average Bonchev–Trinajstić information content (AvgIpc) is 2.85. The van der Waals surface area contributed by atoms with Gasteiger partial charge in [-0.1, -0.05) is 97.9 Å². The Morgan fingerprint density at radius 1 is 0.839 bits per heavy atom. The summed E-state index contributed by atoms with van der Waals surface area (Å²) in [5.41, 5.74) is 3.30. The van der Waals surface area contributed by atoms with Gasteiger partial charge >= 0.3 is 5.97 Å². The van der Waals surface area contributed by atoms with Crippen LogP contribution in [0.5, 0.6) is 0 Å². The van der Waals surface area contributed by atoms with Crippen molar-refractivity contribution in [2.24, 2.45) is 0 Å². The first kappa shape index (κ1) is 22.6. The summed E-state index contributed by atoms with van der Waals surface area (Å²) < 4.78 is 4.41. The minimum atomic E-state index is -0.738. The zero-order chi connectivity index (χ0) is 22.1. The molecular weight excluding hydrogens is 406 g/mol. The summed E-state index contributed by atoms with van der Waals surface area (Å²) in [7, 11) is 1.34. The van der Waals surface area contributed by atoms with Gasteiger partial charge in [0.25, 0.3) is 0 Å². The molecule has 0 aliphatic rings. The van der Waals surface area contributed by atoms with Gasteiger partial charge in [0, 0.05) is 12.2 Å². The topological polar surface area (TPSA) is 55.4 Å². The van der Waals surface area contributed by atoms with Gasteiger partial charge in [-0.2, -0.15) is 0 Å². The molecule has 0 saturated heterocycles. The fourth-order valence-corrected chi connectivity index (χ4v) is 5.13. The van der Waals surface area contributed by atoms with Crippen molar-refractivity contribution in [1.82, 2.24) is 5.32 Å². The Labute approximate surface area is 188 Å². The van der Waals surface area contributed by atoms with Gasteiger partial charge in [-0.05, 0) is 16.7 Å². The van der Waals surface area contributed by atoms with Crippen molar-refractivity contribution in [3.05, 3.63) is 108 Å². The molecule has 0 saturated carbocycles. The molecule has 3 rings (SSSR count). The van der Waals surface area contributed by atoms with E-state index in [0.29, 0.717) is 12.2 Å². The zero-order valence-corrected chi connectivity index (χ0v) is 18.6. The molecule has 160 valence electrons. The summed E-state index contributed by atoms with van der Waals surface area (Å²) in [5, 5.41) is 2.81. The van der Waals surface area contributed by atoms with E-state index in [9.17, 15) is 9.59 Å². The number of benzene rings is 3. The molecule has 0 spiro atoms. The molecule has 1 amide bonds. The molecule has 0 heterocycles. The molecule has 0 aliphatic carbocycles.